The smallest absolute Gasteiger partial charge is 0.342 e. The Kier molecular flexibility index (Phi) is 11.4. The number of fused-ring (bicyclic) bond motifs is 1. The van der Waals surface area contributed by atoms with Gasteiger partial charge in [0.15, 0.2) is 24.6 Å². The van der Waals surface area contributed by atoms with Gasteiger partial charge in [0.2, 0.25) is 5.78 Å². The number of benzene rings is 4. The molecular weight excluding hydrogens is 662 g/mol. The minimum atomic E-state index is -0.912. The van der Waals surface area contributed by atoms with Gasteiger partial charge in [-0.25, -0.2) is 4.79 Å². The van der Waals surface area contributed by atoms with Crippen molar-refractivity contribution >= 4 is 23.9 Å². The molecule has 0 bridgehead atoms. The van der Waals surface area contributed by atoms with Crippen LogP contribution in [0.3, 0.4) is 0 Å². The molecule has 0 spiro atoms. The van der Waals surface area contributed by atoms with E-state index in [2.05, 4.69) is 5.32 Å². The first kappa shape index (κ1) is 36.2. The highest BCUT2D eigenvalue weighted by atomic mass is 16.7. The third kappa shape index (κ3) is 7.15. The van der Waals surface area contributed by atoms with Crippen molar-refractivity contribution in [3.8, 4) is 34.5 Å². The number of methoxy groups -OCH3 is 6. The minimum Gasteiger partial charge on any atom is -0.497 e. The quantitative estimate of drug-likeness (QED) is 0.0768. The van der Waals surface area contributed by atoms with E-state index in [1.165, 1.54) is 60.9 Å². The summed E-state index contributed by atoms with van der Waals surface area (Å²) in [6, 6.07) is 17.4. The van der Waals surface area contributed by atoms with Crippen LogP contribution in [0.5, 0.6) is 34.5 Å². The minimum absolute atomic E-state index is 0.0420. The Balaban J connectivity index is 1.53. The number of hydrogen-bond donors (Lipinski definition) is 1. The molecule has 0 saturated carbocycles. The summed E-state index contributed by atoms with van der Waals surface area (Å²) in [4.78, 5) is 53.9. The number of carbonyl (C=O) groups is 4. The molecule has 266 valence electrons. The van der Waals surface area contributed by atoms with Crippen molar-refractivity contribution in [2.75, 3.05) is 49.5 Å². The van der Waals surface area contributed by atoms with E-state index >= 15 is 0 Å². The molecule has 0 heterocycles. The summed E-state index contributed by atoms with van der Waals surface area (Å²) in [7, 11) is 8.29. The van der Waals surface area contributed by atoms with E-state index in [1.807, 2.05) is 24.3 Å². The topological polar surface area (TPSA) is 154 Å². The van der Waals surface area contributed by atoms with Crippen LogP contribution in [-0.2, 0) is 15.9 Å². The molecule has 0 aliphatic heterocycles. The Morgan fingerprint density at radius 1 is 0.745 bits per heavy atom. The van der Waals surface area contributed by atoms with Crippen molar-refractivity contribution in [2.24, 2.45) is 0 Å². The van der Waals surface area contributed by atoms with Crippen LogP contribution in [0, 0.1) is 0 Å². The van der Waals surface area contributed by atoms with Crippen molar-refractivity contribution in [1.82, 2.24) is 5.32 Å². The van der Waals surface area contributed by atoms with Gasteiger partial charge in [0.25, 0.3) is 5.91 Å². The third-order valence-corrected chi connectivity index (χ3v) is 8.39. The fraction of sp³-hybridized carbons (Fsp3) is 0.263. The molecule has 51 heavy (non-hydrogen) atoms. The molecule has 4 aromatic carbocycles. The molecule has 0 radical (unpaired) electrons. The molecular formula is C38H37NO12. The van der Waals surface area contributed by atoms with Crippen molar-refractivity contribution in [3.05, 3.63) is 106 Å². The van der Waals surface area contributed by atoms with Gasteiger partial charge >= 0.3 is 5.97 Å². The summed E-state index contributed by atoms with van der Waals surface area (Å²) >= 11 is 0. The van der Waals surface area contributed by atoms with E-state index in [9.17, 15) is 19.2 Å². The molecule has 5 rings (SSSR count). The van der Waals surface area contributed by atoms with Crippen LogP contribution in [-0.4, -0.2) is 79.4 Å². The van der Waals surface area contributed by atoms with E-state index in [4.69, 9.17) is 37.9 Å². The molecule has 13 heteroatoms. The van der Waals surface area contributed by atoms with Gasteiger partial charge in [0.1, 0.15) is 40.2 Å². The zero-order valence-corrected chi connectivity index (χ0v) is 28.9. The summed E-state index contributed by atoms with van der Waals surface area (Å²) < 4.78 is 44.3. The summed E-state index contributed by atoms with van der Waals surface area (Å²) in [5.41, 5.74) is 1.57. The Morgan fingerprint density at radius 2 is 1.49 bits per heavy atom. The fourth-order valence-corrected chi connectivity index (χ4v) is 6.04. The second-order valence-electron chi connectivity index (χ2n) is 11.2. The van der Waals surface area contributed by atoms with Crippen molar-refractivity contribution in [2.45, 2.75) is 18.6 Å². The molecule has 1 aliphatic carbocycles. The molecule has 2 unspecified atom stereocenters. The zero-order valence-electron chi connectivity index (χ0n) is 28.9. The molecule has 4 aromatic rings. The van der Waals surface area contributed by atoms with Gasteiger partial charge in [-0.05, 0) is 41.8 Å². The number of carbonyl (C=O) groups excluding carboxylic acids is 4. The highest BCUT2D eigenvalue weighted by molar-refractivity contribution is 6.18. The summed E-state index contributed by atoms with van der Waals surface area (Å²) in [6.07, 6.45) is -0.0160. The number of aldehydes is 1. The maximum Gasteiger partial charge on any atom is 0.342 e. The van der Waals surface area contributed by atoms with Crippen LogP contribution in [0.1, 0.15) is 64.2 Å². The average Bonchev–Trinajstić information content (AvgIpc) is 3.50. The Labute approximate surface area is 294 Å². The molecule has 0 fully saturated rings. The number of hydrogen-bond acceptors (Lipinski definition) is 12. The van der Waals surface area contributed by atoms with E-state index < -0.39 is 29.8 Å². The van der Waals surface area contributed by atoms with Gasteiger partial charge < -0.3 is 43.2 Å². The molecule has 1 amide bonds. The predicted molar refractivity (Wildman–Crippen MR) is 183 cm³/mol. The van der Waals surface area contributed by atoms with Gasteiger partial charge in [0.05, 0.1) is 52.7 Å². The van der Waals surface area contributed by atoms with Crippen molar-refractivity contribution in [1.29, 1.82) is 0 Å². The van der Waals surface area contributed by atoms with Gasteiger partial charge in [-0.3, -0.25) is 14.4 Å². The lowest BCUT2D eigenvalue weighted by atomic mass is 9.94. The third-order valence-electron chi connectivity index (χ3n) is 8.39. The van der Waals surface area contributed by atoms with Crippen LogP contribution in [0.2, 0.25) is 0 Å². The van der Waals surface area contributed by atoms with Crippen LogP contribution in [0.25, 0.3) is 0 Å². The normalized spacial score (nSPS) is 14.5. The Morgan fingerprint density at radius 3 is 2.16 bits per heavy atom. The molecule has 1 aliphatic rings. The monoisotopic (exact) mass is 699 g/mol. The van der Waals surface area contributed by atoms with E-state index in [-0.39, 0.29) is 57.6 Å². The predicted octanol–water partition coefficient (Wildman–Crippen LogP) is 5.01. The average molecular weight is 700 g/mol. The SMILES string of the molecule is COCOc1cccc(C=O)c1C(=O)c1c(OC)cc(C(=O)OC2c3ccccc3CC2NC(=O)c2ccc(OC)cc2OC)c(OC)c1OC. The first-order chi connectivity index (χ1) is 24.7. The Hall–Kier alpha value is -6.08. The van der Waals surface area contributed by atoms with Crippen LogP contribution >= 0.6 is 0 Å². The molecule has 13 nitrogen and oxygen atoms in total. The van der Waals surface area contributed by atoms with Gasteiger partial charge in [0, 0.05) is 18.7 Å². The number of esters is 1. The fourth-order valence-electron chi connectivity index (χ4n) is 6.04. The number of amides is 1. The lowest BCUT2D eigenvalue weighted by Gasteiger charge is -2.24. The first-order valence-corrected chi connectivity index (χ1v) is 15.6. The van der Waals surface area contributed by atoms with Crippen molar-refractivity contribution < 1.29 is 57.1 Å². The maximum absolute atomic E-state index is 14.2. The van der Waals surface area contributed by atoms with Crippen LogP contribution in [0.4, 0.5) is 0 Å². The summed E-state index contributed by atoms with van der Waals surface area (Å²) in [6.45, 7) is -0.190. The first-order valence-electron chi connectivity index (χ1n) is 15.6. The molecule has 0 aromatic heterocycles. The summed E-state index contributed by atoms with van der Waals surface area (Å²) in [5, 5.41) is 3.00. The number of ether oxygens (including phenoxy) is 8. The lowest BCUT2D eigenvalue weighted by molar-refractivity contribution is 0.0219. The molecule has 1 N–H and O–H groups in total. The standard InChI is InChI=1S/C38H37NO12/c1-44-20-50-28-13-9-11-22(19-40)31(28)33(41)32-30(47-4)18-26(35(48-5)36(32)49-6)38(43)51-34-24-12-8-7-10-21(24)16-27(34)39-37(42)25-15-14-23(45-2)17-29(25)46-3/h7-15,17-19,27,34H,16,20H2,1-6H3,(H,39,42). The maximum atomic E-state index is 14.2. The number of ketones is 1. The van der Waals surface area contributed by atoms with E-state index in [1.54, 1.807) is 24.3 Å². The highest BCUT2D eigenvalue weighted by Gasteiger charge is 2.39. The highest BCUT2D eigenvalue weighted by Crippen LogP contribution is 2.45. The molecule has 2 atom stereocenters. The number of rotatable bonds is 15. The van der Waals surface area contributed by atoms with Gasteiger partial charge in [-0.15, -0.1) is 0 Å². The van der Waals surface area contributed by atoms with Gasteiger partial charge in [-0.1, -0.05) is 36.4 Å². The molecule has 0 saturated heterocycles. The zero-order chi connectivity index (χ0) is 36.7. The second kappa shape index (κ2) is 16.1. The second-order valence-corrected chi connectivity index (χ2v) is 11.2. The van der Waals surface area contributed by atoms with Gasteiger partial charge in [-0.2, -0.15) is 0 Å². The largest absolute Gasteiger partial charge is 0.497 e. The van der Waals surface area contributed by atoms with E-state index in [0.29, 0.717) is 29.8 Å². The van der Waals surface area contributed by atoms with Crippen LogP contribution < -0.4 is 33.7 Å². The Bertz CT molecular complexity index is 1960. The summed E-state index contributed by atoms with van der Waals surface area (Å²) in [5.74, 6) is -1.41. The van der Waals surface area contributed by atoms with Crippen LogP contribution in [0.15, 0.2) is 66.7 Å². The number of nitrogens with one attached hydrogen (secondary N) is 1. The van der Waals surface area contributed by atoms with E-state index in [0.717, 1.165) is 5.56 Å². The lowest BCUT2D eigenvalue weighted by Crippen LogP contribution is -2.39. The van der Waals surface area contributed by atoms with Crippen molar-refractivity contribution in [3.63, 3.8) is 0 Å².